The minimum Gasteiger partial charge on any atom is -0.492 e. The van der Waals surface area contributed by atoms with Crippen molar-refractivity contribution in [1.82, 2.24) is 9.31 Å². The molecule has 1 aliphatic heterocycles. The number of aromatic carboxylic acids is 1. The van der Waals surface area contributed by atoms with E-state index in [1.54, 1.807) is 12.1 Å². The SMILES string of the molecule is CN(C)c1ccc2c(-c3c(Cl)cc(C(=O)On4c(O)ccc4O)c(Cl)c3C(=O)O)c3ccc(=[N+](C)C)cc-3oc2c1. The fraction of sp³-hybridized carbons (Fsp3) is 0.138. The Labute approximate surface area is 243 Å². The molecule has 0 atom stereocenters. The van der Waals surface area contributed by atoms with E-state index < -0.39 is 34.3 Å². The first-order chi connectivity index (χ1) is 19.4. The third kappa shape index (κ3) is 4.81. The summed E-state index contributed by atoms with van der Waals surface area (Å²) in [6.07, 6.45) is 0. The van der Waals surface area contributed by atoms with Gasteiger partial charge in [-0.3, -0.25) is 0 Å². The van der Waals surface area contributed by atoms with E-state index in [-0.39, 0.29) is 16.1 Å². The molecule has 0 radical (unpaired) electrons. The Kier molecular flexibility index (Phi) is 7.06. The number of carboxylic acid groups (broad SMARTS) is 1. The molecule has 0 saturated heterocycles. The molecule has 1 aliphatic carbocycles. The number of nitrogens with zero attached hydrogens (tertiary/aromatic N) is 3. The summed E-state index contributed by atoms with van der Waals surface area (Å²) in [5.74, 6) is -3.25. The van der Waals surface area contributed by atoms with Crippen molar-refractivity contribution in [3.63, 3.8) is 0 Å². The summed E-state index contributed by atoms with van der Waals surface area (Å²) in [5.41, 5.74) is 1.60. The van der Waals surface area contributed by atoms with Crippen LogP contribution in [0.2, 0.25) is 10.0 Å². The van der Waals surface area contributed by atoms with E-state index >= 15 is 0 Å². The molecule has 210 valence electrons. The Morgan fingerprint density at radius 1 is 0.951 bits per heavy atom. The first-order valence-corrected chi connectivity index (χ1v) is 12.9. The highest BCUT2D eigenvalue weighted by molar-refractivity contribution is 6.41. The zero-order chi connectivity index (χ0) is 29.7. The van der Waals surface area contributed by atoms with Gasteiger partial charge in [-0.05, 0) is 24.3 Å². The molecule has 41 heavy (non-hydrogen) atoms. The van der Waals surface area contributed by atoms with Gasteiger partial charge in [0.15, 0.2) is 0 Å². The van der Waals surface area contributed by atoms with Gasteiger partial charge in [0.2, 0.25) is 17.1 Å². The van der Waals surface area contributed by atoms with Crippen LogP contribution in [-0.4, -0.2) is 60.2 Å². The molecule has 2 aromatic carbocycles. The van der Waals surface area contributed by atoms with Crippen molar-refractivity contribution >= 4 is 51.8 Å². The maximum atomic E-state index is 13.0. The van der Waals surface area contributed by atoms with E-state index in [0.29, 0.717) is 32.6 Å². The Morgan fingerprint density at radius 2 is 1.63 bits per heavy atom. The van der Waals surface area contributed by atoms with Crippen LogP contribution in [0, 0.1) is 0 Å². The van der Waals surface area contributed by atoms with Crippen LogP contribution in [-0.2, 0) is 0 Å². The van der Waals surface area contributed by atoms with E-state index in [1.807, 2.05) is 61.9 Å². The zero-order valence-corrected chi connectivity index (χ0v) is 23.8. The Balaban J connectivity index is 1.83. The number of hydrogen-bond acceptors (Lipinski definition) is 7. The summed E-state index contributed by atoms with van der Waals surface area (Å²) in [5, 5.41) is 30.9. The van der Waals surface area contributed by atoms with E-state index in [2.05, 4.69) is 0 Å². The maximum Gasteiger partial charge on any atom is 0.365 e. The molecule has 0 bridgehead atoms. The van der Waals surface area contributed by atoms with Gasteiger partial charge in [0.05, 0.1) is 27.2 Å². The van der Waals surface area contributed by atoms with Crippen LogP contribution >= 0.6 is 23.2 Å². The number of carboxylic acids is 1. The molecule has 3 N–H and O–H groups in total. The molecule has 0 spiro atoms. The Bertz CT molecular complexity index is 1900. The van der Waals surface area contributed by atoms with Crippen LogP contribution in [0.5, 0.6) is 11.8 Å². The molecule has 0 fully saturated rings. The molecule has 0 unspecified atom stereocenters. The number of halogens is 2. The molecule has 0 amide bonds. The lowest BCUT2D eigenvalue weighted by molar-refractivity contribution is 0.0382. The monoisotopic (exact) mass is 596 g/mol. The lowest BCUT2D eigenvalue weighted by Gasteiger charge is -2.20. The van der Waals surface area contributed by atoms with E-state index in [9.17, 15) is 24.9 Å². The second-order valence-corrected chi connectivity index (χ2v) is 10.4. The zero-order valence-electron chi connectivity index (χ0n) is 22.3. The summed E-state index contributed by atoms with van der Waals surface area (Å²) in [6.45, 7) is 0. The molecule has 3 aromatic rings. The van der Waals surface area contributed by atoms with Crippen LogP contribution in [0.25, 0.3) is 33.4 Å². The fourth-order valence-corrected chi connectivity index (χ4v) is 5.15. The van der Waals surface area contributed by atoms with Crippen molar-refractivity contribution in [2.24, 2.45) is 0 Å². The van der Waals surface area contributed by atoms with Gasteiger partial charge < -0.3 is 29.5 Å². The van der Waals surface area contributed by atoms with Crippen molar-refractivity contribution < 1.29 is 34.2 Å². The fourth-order valence-electron chi connectivity index (χ4n) is 4.54. The van der Waals surface area contributed by atoms with Crippen molar-refractivity contribution in [2.75, 3.05) is 33.1 Å². The minimum atomic E-state index is -1.44. The number of aromatic hydroxyl groups is 2. The number of fused-ring (bicyclic) bond motifs is 2. The number of carbonyl (C=O) groups excluding carboxylic acids is 1. The molecule has 12 heteroatoms. The van der Waals surface area contributed by atoms with E-state index in [4.69, 9.17) is 32.5 Å². The molecule has 0 saturated carbocycles. The van der Waals surface area contributed by atoms with E-state index in [0.717, 1.165) is 23.2 Å². The summed E-state index contributed by atoms with van der Waals surface area (Å²) in [4.78, 5) is 32.7. The van der Waals surface area contributed by atoms with Crippen molar-refractivity contribution in [1.29, 1.82) is 0 Å². The van der Waals surface area contributed by atoms with Crippen LogP contribution in [0.4, 0.5) is 5.69 Å². The third-order valence-electron chi connectivity index (χ3n) is 6.59. The maximum absolute atomic E-state index is 13.0. The quantitative estimate of drug-likeness (QED) is 0.195. The van der Waals surface area contributed by atoms with Crippen molar-refractivity contribution in [3.05, 3.63) is 81.1 Å². The standard InChI is InChI=1S/C29H23Cl2N3O7/c1-32(2)14-5-7-16-20(11-14)40-21-12-15(33(3)4)6-8-17(21)24(16)25-19(30)13-18(27(31)26(25)28(37)38)29(39)41-34-22(35)9-10-23(34)36/h5-13H,1-4H3,(H2,37,38,39)/p+1. The number of rotatable bonds is 5. The number of aromatic nitrogens is 1. The summed E-state index contributed by atoms with van der Waals surface area (Å²) in [6, 6.07) is 14.4. The highest BCUT2D eigenvalue weighted by Gasteiger charge is 2.30. The van der Waals surface area contributed by atoms with Crippen molar-refractivity contribution in [2.45, 2.75) is 0 Å². The van der Waals surface area contributed by atoms with Crippen LogP contribution in [0.15, 0.2) is 59.0 Å². The predicted molar refractivity (Wildman–Crippen MR) is 155 cm³/mol. The smallest absolute Gasteiger partial charge is 0.365 e. The predicted octanol–water partition coefficient (Wildman–Crippen LogP) is 4.79. The first-order valence-electron chi connectivity index (χ1n) is 12.1. The van der Waals surface area contributed by atoms with Gasteiger partial charge in [-0.25, -0.2) is 14.2 Å². The topological polar surface area (TPSA) is 128 Å². The highest BCUT2D eigenvalue weighted by Crippen LogP contribution is 2.47. The van der Waals surface area contributed by atoms with Gasteiger partial charge >= 0.3 is 11.9 Å². The van der Waals surface area contributed by atoms with Gasteiger partial charge in [-0.15, -0.1) is 4.73 Å². The Morgan fingerprint density at radius 3 is 2.24 bits per heavy atom. The van der Waals surface area contributed by atoms with Crippen LogP contribution in [0.3, 0.4) is 0 Å². The summed E-state index contributed by atoms with van der Waals surface area (Å²) in [7, 11) is 7.55. The molecule has 10 nitrogen and oxygen atoms in total. The number of carbonyl (C=O) groups is 2. The Hall–Kier alpha value is -4.67. The third-order valence-corrected chi connectivity index (χ3v) is 7.28. The van der Waals surface area contributed by atoms with Gasteiger partial charge in [0.25, 0.3) is 0 Å². The summed E-state index contributed by atoms with van der Waals surface area (Å²) >= 11 is 13.3. The molecule has 2 aliphatic rings. The molecule has 5 rings (SSSR count). The summed E-state index contributed by atoms with van der Waals surface area (Å²) < 4.78 is 8.67. The molecular formula is C29H24Cl2N3O7+. The average Bonchev–Trinajstić information content (AvgIpc) is 3.23. The normalized spacial score (nSPS) is 11.2. The minimum absolute atomic E-state index is 0.0772. The van der Waals surface area contributed by atoms with Crippen LogP contribution in [0.1, 0.15) is 20.7 Å². The lowest BCUT2D eigenvalue weighted by Crippen LogP contribution is -2.21. The molecular weight excluding hydrogens is 573 g/mol. The number of anilines is 1. The number of benzene rings is 3. The van der Waals surface area contributed by atoms with Gasteiger partial charge in [0.1, 0.15) is 25.4 Å². The average molecular weight is 597 g/mol. The largest absolute Gasteiger partial charge is 0.492 e. The first kappa shape index (κ1) is 27.9. The van der Waals surface area contributed by atoms with Gasteiger partial charge in [-0.2, -0.15) is 0 Å². The second-order valence-electron chi connectivity index (χ2n) is 9.62. The lowest BCUT2D eigenvalue weighted by atomic mass is 9.89. The second kappa shape index (κ2) is 10.4. The molecule has 2 heterocycles. The highest BCUT2D eigenvalue weighted by atomic mass is 35.5. The molecule has 1 aromatic heterocycles. The van der Waals surface area contributed by atoms with Gasteiger partial charge in [0, 0.05) is 66.1 Å². The van der Waals surface area contributed by atoms with Crippen molar-refractivity contribution in [3.8, 4) is 34.2 Å². The number of hydrogen-bond donors (Lipinski definition) is 3. The van der Waals surface area contributed by atoms with Crippen LogP contribution < -0.4 is 19.7 Å². The van der Waals surface area contributed by atoms with Gasteiger partial charge in [-0.1, -0.05) is 23.2 Å². The van der Waals surface area contributed by atoms with E-state index in [1.165, 1.54) is 6.07 Å².